The average molecular weight is 408 g/mol. The lowest BCUT2D eigenvalue weighted by atomic mass is 9.77. The van der Waals surface area contributed by atoms with E-state index in [1.807, 2.05) is 25.3 Å². The number of benzene rings is 1. The summed E-state index contributed by atoms with van der Waals surface area (Å²) in [6, 6.07) is 13.1. The topological polar surface area (TPSA) is 22.1 Å². The van der Waals surface area contributed by atoms with Gasteiger partial charge in [0.2, 0.25) is 0 Å². The number of nitrogens with zero attached hydrogens (tertiary/aromatic N) is 1. The minimum Gasteiger partial charge on any atom is -0.492 e. The van der Waals surface area contributed by atoms with Crippen LogP contribution in [-0.2, 0) is 6.42 Å². The van der Waals surface area contributed by atoms with Crippen LogP contribution < -0.4 is 4.74 Å². The van der Waals surface area contributed by atoms with Gasteiger partial charge in [-0.2, -0.15) is 0 Å². The summed E-state index contributed by atoms with van der Waals surface area (Å²) in [5.74, 6) is 2.77. The predicted octanol–water partition coefficient (Wildman–Crippen LogP) is 8.25. The molecule has 1 aliphatic rings. The Morgan fingerprint density at radius 2 is 1.63 bits per heavy atom. The van der Waals surface area contributed by atoms with Crippen LogP contribution in [-0.4, -0.2) is 11.6 Å². The number of aromatic nitrogens is 1. The smallest absolute Gasteiger partial charge is 0.137 e. The number of ether oxygens (including phenoxy) is 1. The van der Waals surface area contributed by atoms with Crippen molar-refractivity contribution in [1.82, 2.24) is 4.98 Å². The van der Waals surface area contributed by atoms with E-state index in [4.69, 9.17) is 4.74 Å². The lowest BCUT2D eigenvalue weighted by Gasteiger charge is -2.29. The minimum atomic E-state index is 0.677. The molecule has 1 heterocycles. The van der Waals surface area contributed by atoms with Crippen LogP contribution in [0, 0.1) is 11.8 Å². The average Bonchev–Trinajstić information content (AvgIpc) is 2.79. The molecule has 0 N–H and O–H groups in total. The van der Waals surface area contributed by atoms with E-state index in [-0.39, 0.29) is 0 Å². The zero-order valence-electron chi connectivity index (χ0n) is 19.2. The quantitative estimate of drug-likeness (QED) is 0.330. The van der Waals surface area contributed by atoms with Gasteiger partial charge < -0.3 is 4.74 Å². The Morgan fingerprint density at radius 1 is 0.867 bits per heavy atom. The maximum absolute atomic E-state index is 5.49. The number of hydrogen-bond donors (Lipinski definition) is 0. The molecular weight excluding hydrogens is 366 g/mol. The Morgan fingerprint density at radius 3 is 2.33 bits per heavy atom. The molecule has 2 nitrogen and oxygen atoms in total. The molecule has 30 heavy (non-hydrogen) atoms. The van der Waals surface area contributed by atoms with Crippen molar-refractivity contribution >= 4 is 0 Å². The number of rotatable bonds is 12. The Labute approximate surface area is 184 Å². The van der Waals surface area contributed by atoms with Crippen LogP contribution >= 0.6 is 0 Å². The summed E-state index contributed by atoms with van der Waals surface area (Å²) >= 11 is 0. The number of hydrogen-bond acceptors (Lipinski definition) is 2. The SMILES string of the molecule is CCCCCCCC1CCCC(CCc2ccc(-c3ccc(OCC)cn3)cc2)C1. The normalized spacial score (nSPS) is 19.0. The molecular formula is C28H41NO. The minimum absolute atomic E-state index is 0.677. The second kappa shape index (κ2) is 12.8. The number of unbranched alkanes of at least 4 members (excludes halogenated alkanes) is 4. The van der Waals surface area contributed by atoms with E-state index in [0.29, 0.717) is 6.61 Å². The fraction of sp³-hybridized carbons (Fsp3) is 0.607. The van der Waals surface area contributed by atoms with Crippen LogP contribution in [0.1, 0.15) is 90.0 Å². The highest BCUT2D eigenvalue weighted by Gasteiger charge is 2.21. The summed E-state index contributed by atoms with van der Waals surface area (Å²) in [5.41, 5.74) is 3.66. The molecule has 1 aromatic carbocycles. The summed E-state index contributed by atoms with van der Waals surface area (Å²) in [5, 5.41) is 0. The van der Waals surface area contributed by atoms with E-state index in [9.17, 15) is 0 Å². The predicted molar refractivity (Wildman–Crippen MR) is 128 cm³/mol. The van der Waals surface area contributed by atoms with Crippen molar-refractivity contribution in [3.05, 3.63) is 48.2 Å². The fourth-order valence-corrected chi connectivity index (χ4v) is 4.98. The van der Waals surface area contributed by atoms with Crippen molar-refractivity contribution in [3.63, 3.8) is 0 Å². The molecule has 3 rings (SSSR count). The molecule has 1 saturated carbocycles. The molecule has 1 aromatic heterocycles. The molecule has 2 aromatic rings. The molecule has 0 saturated heterocycles. The molecule has 2 atom stereocenters. The number of pyridine rings is 1. The first-order valence-corrected chi connectivity index (χ1v) is 12.5. The van der Waals surface area contributed by atoms with Crippen LogP contribution in [0.4, 0.5) is 0 Å². The highest BCUT2D eigenvalue weighted by molar-refractivity contribution is 5.59. The Hall–Kier alpha value is -1.83. The first-order valence-electron chi connectivity index (χ1n) is 12.5. The molecule has 0 aliphatic heterocycles. The highest BCUT2D eigenvalue weighted by atomic mass is 16.5. The molecule has 164 valence electrons. The van der Waals surface area contributed by atoms with Crippen LogP contribution in [0.3, 0.4) is 0 Å². The maximum Gasteiger partial charge on any atom is 0.137 e. The van der Waals surface area contributed by atoms with Crippen LogP contribution in [0.5, 0.6) is 5.75 Å². The summed E-state index contributed by atoms with van der Waals surface area (Å²) < 4.78 is 5.49. The Balaban J connectivity index is 1.42. The maximum atomic E-state index is 5.49. The third-order valence-corrected chi connectivity index (χ3v) is 6.75. The van der Waals surface area contributed by atoms with E-state index in [2.05, 4.69) is 36.2 Å². The summed E-state index contributed by atoms with van der Waals surface area (Å²) in [7, 11) is 0. The van der Waals surface area contributed by atoms with Gasteiger partial charge in [0.25, 0.3) is 0 Å². The number of aryl methyl sites for hydroxylation is 1. The Bertz CT molecular complexity index is 706. The molecule has 0 amide bonds. The molecule has 1 fully saturated rings. The van der Waals surface area contributed by atoms with Crippen molar-refractivity contribution in [2.24, 2.45) is 11.8 Å². The second-order valence-electron chi connectivity index (χ2n) is 9.15. The van der Waals surface area contributed by atoms with Gasteiger partial charge in [-0.3, -0.25) is 4.98 Å². The zero-order valence-corrected chi connectivity index (χ0v) is 19.2. The largest absolute Gasteiger partial charge is 0.492 e. The van der Waals surface area contributed by atoms with Gasteiger partial charge in [0.05, 0.1) is 18.5 Å². The van der Waals surface area contributed by atoms with Crippen molar-refractivity contribution in [2.75, 3.05) is 6.61 Å². The van der Waals surface area contributed by atoms with Gasteiger partial charge in [0.15, 0.2) is 0 Å². The van der Waals surface area contributed by atoms with Gasteiger partial charge in [-0.25, -0.2) is 0 Å². The van der Waals surface area contributed by atoms with E-state index in [0.717, 1.165) is 23.3 Å². The zero-order chi connectivity index (χ0) is 21.0. The van der Waals surface area contributed by atoms with E-state index < -0.39 is 0 Å². The third kappa shape index (κ3) is 7.45. The summed E-state index contributed by atoms with van der Waals surface area (Å²) in [4.78, 5) is 4.54. The van der Waals surface area contributed by atoms with Gasteiger partial charge in [-0.05, 0) is 55.7 Å². The lowest BCUT2D eigenvalue weighted by molar-refractivity contribution is 0.239. The lowest BCUT2D eigenvalue weighted by Crippen LogP contribution is -2.16. The molecule has 0 radical (unpaired) electrons. The van der Waals surface area contributed by atoms with Crippen LogP contribution in [0.15, 0.2) is 42.6 Å². The summed E-state index contributed by atoms with van der Waals surface area (Å²) in [6.07, 6.45) is 18.8. The van der Waals surface area contributed by atoms with Gasteiger partial charge in [-0.15, -0.1) is 0 Å². The van der Waals surface area contributed by atoms with Crippen molar-refractivity contribution in [3.8, 4) is 17.0 Å². The molecule has 2 heteroatoms. The first kappa shape index (κ1) is 22.8. The van der Waals surface area contributed by atoms with Crippen molar-refractivity contribution in [2.45, 2.75) is 90.9 Å². The third-order valence-electron chi connectivity index (χ3n) is 6.75. The first-order chi connectivity index (χ1) is 14.8. The molecule has 1 aliphatic carbocycles. The molecule has 0 bridgehead atoms. The summed E-state index contributed by atoms with van der Waals surface area (Å²) in [6.45, 7) is 4.97. The highest BCUT2D eigenvalue weighted by Crippen LogP contribution is 2.35. The Kier molecular flexibility index (Phi) is 9.73. The monoisotopic (exact) mass is 407 g/mol. The second-order valence-corrected chi connectivity index (χ2v) is 9.15. The van der Waals surface area contributed by atoms with Crippen molar-refractivity contribution in [1.29, 1.82) is 0 Å². The van der Waals surface area contributed by atoms with E-state index in [1.165, 1.54) is 88.2 Å². The van der Waals surface area contributed by atoms with Crippen molar-refractivity contribution < 1.29 is 4.74 Å². The molecule has 0 spiro atoms. The van der Waals surface area contributed by atoms with Gasteiger partial charge in [0.1, 0.15) is 5.75 Å². The van der Waals surface area contributed by atoms with Gasteiger partial charge in [0, 0.05) is 5.56 Å². The van der Waals surface area contributed by atoms with Gasteiger partial charge in [-0.1, -0.05) is 89.0 Å². The van der Waals surface area contributed by atoms with Gasteiger partial charge >= 0.3 is 0 Å². The van der Waals surface area contributed by atoms with Crippen LogP contribution in [0.25, 0.3) is 11.3 Å². The van der Waals surface area contributed by atoms with E-state index >= 15 is 0 Å². The standard InChI is InChI=1S/C28H41NO/c1-3-5-6-7-8-10-24-11-9-12-25(21-24)14-13-23-15-17-26(18-16-23)28-20-19-27(22-29-28)30-4-2/h15-20,22,24-25H,3-14,21H2,1-2H3. The fourth-order valence-electron chi connectivity index (χ4n) is 4.98. The molecule has 2 unspecified atom stereocenters. The van der Waals surface area contributed by atoms with E-state index in [1.54, 1.807) is 0 Å². The van der Waals surface area contributed by atoms with Crippen LogP contribution in [0.2, 0.25) is 0 Å².